The summed E-state index contributed by atoms with van der Waals surface area (Å²) in [5.74, 6) is 0.0697. The number of amides is 1. The summed E-state index contributed by atoms with van der Waals surface area (Å²) in [5.41, 5.74) is 3.14. The lowest BCUT2D eigenvalue weighted by molar-refractivity contribution is -0.117. The molecule has 1 aromatic rings. The number of hydrogen-bond donors (Lipinski definition) is 1. The maximum atomic E-state index is 12.0. The van der Waals surface area contributed by atoms with Gasteiger partial charge in [0.25, 0.3) is 0 Å². The molecule has 110 valence electrons. The highest BCUT2D eigenvalue weighted by Crippen LogP contribution is 2.25. The summed E-state index contributed by atoms with van der Waals surface area (Å²) in [7, 11) is 0. The van der Waals surface area contributed by atoms with Gasteiger partial charge >= 0.3 is 0 Å². The molecule has 0 bridgehead atoms. The summed E-state index contributed by atoms with van der Waals surface area (Å²) < 4.78 is 6.75. The highest BCUT2D eigenvalue weighted by atomic mass is 79.9. The second-order valence-electron chi connectivity index (χ2n) is 5.50. The van der Waals surface area contributed by atoms with Crippen LogP contribution in [0, 0.1) is 13.8 Å². The minimum Gasteiger partial charge on any atom is -0.378 e. The fourth-order valence-corrected chi connectivity index (χ4v) is 2.80. The van der Waals surface area contributed by atoms with Crippen molar-refractivity contribution in [3.63, 3.8) is 0 Å². The molecule has 0 radical (unpaired) electrons. The summed E-state index contributed by atoms with van der Waals surface area (Å²) in [6.45, 7) is 4.91. The first-order chi connectivity index (χ1) is 9.56. The van der Waals surface area contributed by atoms with E-state index >= 15 is 0 Å². The Balaban J connectivity index is 1.84. The van der Waals surface area contributed by atoms with Gasteiger partial charge in [-0.1, -0.05) is 15.9 Å². The largest absolute Gasteiger partial charge is 0.378 e. The van der Waals surface area contributed by atoms with Crippen LogP contribution in [0.4, 0.5) is 5.69 Å². The Morgan fingerprint density at radius 1 is 1.35 bits per heavy atom. The lowest BCUT2D eigenvalue weighted by Gasteiger charge is -2.22. The summed E-state index contributed by atoms with van der Waals surface area (Å²) in [4.78, 5) is 12.0. The van der Waals surface area contributed by atoms with Crippen LogP contribution in [0.2, 0.25) is 0 Å². The van der Waals surface area contributed by atoms with Gasteiger partial charge in [-0.25, -0.2) is 0 Å². The Kier molecular flexibility index (Phi) is 5.61. The Hall–Kier alpha value is -0.870. The second-order valence-corrected chi connectivity index (χ2v) is 6.29. The van der Waals surface area contributed by atoms with Crippen molar-refractivity contribution in [2.45, 2.75) is 52.1 Å². The van der Waals surface area contributed by atoms with Crippen molar-refractivity contribution >= 4 is 27.5 Å². The van der Waals surface area contributed by atoms with Gasteiger partial charge in [0.15, 0.2) is 0 Å². The Morgan fingerprint density at radius 2 is 2.05 bits per heavy atom. The first kappa shape index (κ1) is 15.5. The molecule has 1 heterocycles. The minimum absolute atomic E-state index is 0.0697. The molecule has 3 nitrogen and oxygen atoms in total. The number of halogens is 1. The van der Waals surface area contributed by atoms with Gasteiger partial charge in [0.05, 0.1) is 6.10 Å². The quantitative estimate of drug-likeness (QED) is 0.885. The van der Waals surface area contributed by atoms with Crippen molar-refractivity contribution in [2.75, 3.05) is 11.9 Å². The zero-order chi connectivity index (χ0) is 14.5. The predicted molar refractivity (Wildman–Crippen MR) is 85.1 cm³/mol. The van der Waals surface area contributed by atoms with Crippen LogP contribution in [0.3, 0.4) is 0 Å². The summed E-state index contributed by atoms with van der Waals surface area (Å²) in [6.07, 6.45) is 5.07. The molecule has 1 saturated heterocycles. The van der Waals surface area contributed by atoms with Crippen LogP contribution >= 0.6 is 15.9 Å². The average Bonchev–Trinajstić information content (AvgIpc) is 2.43. The van der Waals surface area contributed by atoms with Gasteiger partial charge in [-0.3, -0.25) is 4.79 Å². The lowest BCUT2D eigenvalue weighted by Crippen LogP contribution is -2.21. The molecular formula is C16H22BrNO2. The molecular weight excluding hydrogens is 318 g/mol. The molecule has 1 amide bonds. The first-order valence-corrected chi connectivity index (χ1v) is 8.04. The van der Waals surface area contributed by atoms with Gasteiger partial charge in [0, 0.05) is 23.2 Å². The molecule has 1 aromatic carbocycles. The van der Waals surface area contributed by atoms with Gasteiger partial charge in [-0.05, 0) is 62.8 Å². The van der Waals surface area contributed by atoms with Crippen molar-refractivity contribution in [3.8, 4) is 0 Å². The number of nitrogens with one attached hydrogen (secondary N) is 1. The van der Waals surface area contributed by atoms with Crippen LogP contribution in [0.15, 0.2) is 16.6 Å². The van der Waals surface area contributed by atoms with Gasteiger partial charge in [0.1, 0.15) is 0 Å². The smallest absolute Gasteiger partial charge is 0.224 e. The van der Waals surface area contributed by atoms with Crippen LogP contribution in [0.5, 0.6) is 0 Å². The van der Waals surface area contributed by atoms with E-state index in [-0.39, 0.29) is 12.0 Å². The number of carbonyl (C=O) groups excluding carboxylic acids is 1. The van der Waals surface area contributed by atoms with E-state index in [0.717, 1.165) is 47.2 Å². The molecule has 4 heteroatoms. The minimum atomic E-state index is 0.0697. The number of rotatable bonds is 4. The van der Waals surface area contributed by atoms with E-state index in [1.54, 1.807) is 0 Å². The number of carbonyl (C=O) groups is 1. The number of hydrogen-bond acceptors (Lipinski definition) is 2. The van der Waals surface area contributed by atoms with Crippen molar-refractivity contribution < 1.29 is 9.53 Å². The Labute approximate surface area is 129 Å². The number of anilines is 1. The number of ether oxygens (including phenoxy) is 1. The van der Waals surface area contributed by atoms with Crippen LogP contribution in [-0.4, -0.2) is 18.6 Å². The molecule has 2 rings (SSSR count). The third-order valence-electron chi connectivity index (χ3n) is 3.69. The van der Waals surface area contributed by atoms with Crippen molar-refractivity contribution in [1.82, 2.24) is 0 Å². The molecule has 0 saturated carbocycles. The zero-order valence-corrected chi connectivity index (χ0v) is 13.8. The molecule has 1 fully saturated rings. The molecule has 1 N–H and O–H groups in total. The molecule has 0 aliphatic carbocycles. The van der Waals surface area contributed by atoms with E-state index in [1.807, 2.05) is 26.0 Å². The zero-order valence-electron chi connectivity index (χ0n) is 12.2. The Bertz CT molecular complexity index is 458. The SMILES string of the molecule is Cc1cc(NC(=O)CCC2CCCCO2)cc(C)c1Br. The lowest BCUT2D eigenvalue weighted by atomic mass is 10.0. The van der Waals surface area contributed by atoms with Crippen molar-refractivity contribution in [2.24, 2.45) is 0 Å². The normalized spacial score (nSPS) is 18.9. The molecule has 1 atom stereocenters. The Morgan fingerprint density at radius 3 is 2.65 bits per heavy atom. The summed E-state index contributed by atoms with van der Waals surface area (Å²) in [6, 6.07) is 3.98. The molecule has 20 heavy (non-hydrogen) atoms. The number of benzene rings is 1. The predicted octanol–water partition coefficient (Wildman–Crippen LogP) is 4.35. The second kappa shape index (κ2) is 7.23. The van der Waals surface area contributed by atoms with Crippen LogP contribution in [-0.2, 0) is 9.53 Å². The van der Waals surface area contributed by atoms with Crippen molar-refractivity contribution in [1.29, 1.82) is 0 Å². The van der Waals surface area contributed by atoms with Crippen LogP contribution in [0.1, 0.15) is 43.2 Å². The van der Waals surface area contributed by atoms with E-state index in [2.05, 4.69) is 21.2 Å². The summed E-state index contributed by atoms with van der Waals surface area (Å²) >= 11 is 3.53. The molecule has 0 spiro atoms. The monoisotopic (exact) mass is 339 g/mol. The highest BCUT2D eigenvalue weighted by Gasteiger charge is 2.15. The van der Waals surface area contributed by atoms with Crippen LogP contribution in [0.25, 0.3) is 0 Å². The van der Waals surface area contributed by atoms with E-state index < -0.39 is 0 Å². The standard InChI is InChI=1S/C16H22BrNO2/c1-11-9-13(10-12(2)16(11)17)18-15(19)7-6-14-5-3-4-8-20-14/h9-10,14H,3-8H2,1-2H3,(H,18,19). The van der Waals surface area contributed by atoms with E-state index in [4.69, 9.17) is 4.74 Å². The third kappa shape index (κ3) is 4.32. The fourth-order valence-electron chi connectivity index (χ4n) is 2.57. The van der Waals surface area contributed by atoms with Gasteiger partial charge in [-0.2, -0.15) is 0 Å². The molecule has 1 aliphatic rings. The van der Waals surface area contributed by atoms with Gasteiger partial charge in [0.2, 0.25) is 5.91 Å². The molecule has 1 unspecified atom stereocenters. The van der Waals surface area contributed by atoms with Crippen molar-refractivity contribution in [3.05, 3.63) is 27.7 Å². The maximum Gasteiger partial charge on any atom is 0.224 e. The topological polar surface area (TPSA) is 38.3 Å². The maximum absolute atomic E-state index is 12.0. The van der Waals surface area contributed by atoms with E-state index in [9.17, 15) is 4.79 Å². The average molecular weight is 340 g/mol. The third-order valence-corrected chi connectivity index (χ3v) is 4.94. The van der Waals surface area contributed by atoms with E-state index in [1.165, 1.54) is 6.42 Å². The van der Waals surface area contributed by atoms with Gasteiger partial charge in [-0.15, -0.1) is 0 Å². The molecule has 0 aromatic heterocycles. The van der Waals surface area contributed by atoms with Gasteiger partial charge < -0.3 is 10.1 Å². The fraction of sp³-hybridized carbons (Fsp3) is 0.562. The highest BCUT2D eigenvalue weighted by molar-refractivity contribution is 9.10. The summed E-state index contributed by atoms with van der Waals surface area (Å²) in [5, 5.41) is 2.98. The number of aryl methyl sites for hydroxylation is 2. The van der Waals surface area contributed by atoms with Crippen LogP contribution < -0.4 is 5.32 Å². The molecule has 1 aliphatic heterocycles. The first-order valence-electron chi connectivity index (χ1n) is 7.24. The van der Waals surface area contributed by atoms with E-state index in [0.29, 0.717) is 6.42 Å².